The van der Waals surface area contributed by atoms with E-state index in [1.165, 1.54) is 0 Å². The van der Waals surface area contributed by atoms with Crippen molar-refractivity contribution < 1.29 is 9.21 Å². The smallest absolute Gasteiger partial charge is 0.257 e. The highest BCUT2D eigenvalue weighted by Crippen LogP contribution is 2.13. The number of furan rings is 1. The Morgan fingerprint density at radius 3 is 2.80 bits per heavy atom. The van der Waals surface area contributed by atoms with Crippen molar-refractivity contribution in [2.45, 2.75) is 20.3 Å². The van der Waals surface area contributed by atoms with Gasteiger partial charge < -0.3 is 9.32 Å². The lowest BCUT2D eigenvalue weighted by molar-refractivity contribution is 0.0772. The highest BCUT2D eigenvalue weighted by Gasteiger charge is 2.18. The summed E-state index contributed by atoms with van der Waals surface area (Å²) in [5, 5.41) is 0. The lowest BCUT2D eigenvalue weighted by Crippen LogP contribution is -2.32. The van der Waals surface area contributed by atoms with E-state index in [9.17, 15) is 4.79 Å². The minimum atomic E-state index is 0.00347. The molecule has 1 aromatic rings. The zero-order chi connectivity index (χ0) is 11.3. The average Bonchev–Trinajstić information content (AvgIpc) is 2.72. The second-order valence-corrected chi connectivity index (χ2v) is 3.56. The summed E-state index contributed by atoms with van der Waals surface area (Å²) in [4.78, 5) is 13.7. The van der Waals surface area contributed by atoms with E-state index in [1.807, 2.05) is 13.8 Å². The Bertz CT molecular complexity index is 322. The maximum Gasteiger partial charge on any atom is 0.257 e. The van der Waals surface area contributed by atoms with Crippen LogP contribution in [0.25, 0.3) is 0 Å². The monoisotopic (exact) mass is 229 g/mol. The van der Waals surface area contributed by atoms with E-state index in [0.29, 0.717) is 24.5 Å². The molecule has 0 fully saturated rings. The normalized spacial score (nSPS) is 10.3. The van der Waals surface area contributed by atoms with Crippen LogP contribution in [0.2, 0.25) is 0 Å². The van der Waals surface area contributed by atoms with Gasteiger partial charge in [0.2, 0.25) is 0 Å². The topological polar surface area (TPSA) is 33.5 Å². The molecule has 0 saturated carbocycles. The second-order valence-electron chi connectivity index (χ2n) is 3.18. The molecule has 1 heterocycles. The molecule has 3 nitrogen and oxygen atoms in total. The van der Waals surface area contributed by atoms with Crippen molar-refractivity contribution >= 4 is 17.5 Å². The Balaban J connectivity index is 2.82. The van der Waals surface area contributed by atoms with Gasteiger partial charge in [-0.25, -0.2) is 0 Å². The number of aryl methyl sites for hydroxylation is 1. The van der Waals surface area contributed by atoms with Gasteiger partial charge in [-0.3, -0.25) is 4.79 Å². The highest BCUT2D eigenvalue weighted by molar-refractivity contribution is 6.18. The maximum atomic E-state index is 12.0. The van der Waals surface area contributed by atoms with Gasteiger partial charge in [-0.05, 0) is 13.0 Å². The van der Waals surface area contributed by atoms with Crippen LogP contribution < -0.4 is 0 Å². The third-order valence-corrected chi connectivity index (χ3v) is 2.49. The zero-order valence-corrected chi connectivity index (χ0v) is 9.88. The summed E-state index contributed by atoms with van der Waals surface area (Å²) < 4.78 is 5.23. The molecule has 0 spiro atoms. The fourth-order valence-corrected chi connectivity index (χ4v) is 1.68. The lowest BCUT2D eigenvalue weighted by Gasteiger charge is -2.19. The van der Waals surface area contributed by atoms with Gasteiger partial charge in [-0.2, -0.15) is 0 Å². The first kappa shape index (κ1) is 12.1. The van der Waals surface area contributed by atoms with E-state index in [0.717, 1.165) is 12.2 Å². The van der Waals surface area contributed by atoms with Crippen molar-refractivity contribution in [1.82, 2.24) is 4.90 Å². The predicted molar refractivity (Wildman–Crippen MR) is 60.4 cm³/mol. The SMILES string of the molecule is CCc1occc1C(=O)N(CC)CCCl. The molecule has 15 heavy (non-hydrogen) atoms. The van der Waals surface area contributed by atoms with Gasteiger partial charge >= 0.3 is 0 Å². The first-order valence-corrected chi connectivity index (χ1v) is 5.69. The molecular formula is C11H16ClNO2. The van der Waals surface area contributed by atoms with Crippen LogP contribution in [0.4, 0.5) is 0 Å². The predicted octanol–water partition coefficient (Wildman–Crippen LogP) is 2.54. The second kappa shape index (κ2) is 5.81. The van der Waals surface area contributed by atoms with Crippen molar-refractivity contribution in [3.8, 4) is 0 Å². The van der Waals surface area contributed by atoms with Crippen molar-refractivity contribution in [3.63, 3.8) is 0 Å². The number of carbonyl (C=O) groups is 1. The first-order chi connectivity index (χ1) is 7.24. The zero-order valence-electron chi connectivity index (χ0n) is 9.12. The molecule has 4 heteroatoms. The van der Waals surface area contributed by atoms with E-state index in [-0.39, 0.29) is 5.91 Å². The Morgan fingerprint density at radius 2 is 2.27 bits per heavy atom. The van der Waals surface area contributed by atoms with E-state index in [4.69, 9.17) is 16.0 Å². The summed E-state index contributed by atoms with van der Waals surface area (Å²) in [5.74, 6) is 1.20. The van der Waals surface area contributed by atoms with Gasteiger partial charge in [-0.1, -0.05) is 6.92 Å². The standard InChI is InChI=1S/C11H16ClNO2/c1-3-10-9(5-8-15-10)11(14)13(4-2)7-6-12/h5,8H,3-4,6-7H2,1-2H3. The molecule has 1 amide bonds. The van der Waals surface area contributed by atoms with Gasteiger partial charge in [0, 0.05) is 25.4 Å². The number of alkyl halides is 1. The maximum absolute atomic E-state index is 12.0. The van der Waals surface area contributed by atoms with Crippen LogP contribution in [-0.4, -0.2) is 29.8 Å². The van der Waals surface area contributed by atoms with Crippen LogP contribution in [0.15, 0.2) is 16.7 Å². The number of halogens is 1. The Kier molecular flexibility index (Phi) is 4.69. The molecule has 84 valence electrons. The quantitative estimate of drug-likeness (QED) is 0.727. The number of rotatable bonds is 5. The minimum absolute atomic E-state index is 0.00347. The van der Waals surface area contributed by atoms with Gasteiger partial charge in [0.05, 0.1) is 11.8 Å². The minimum Gasteiger partial charge on any atom is -0.469 e. The summed E-state index contributed by atoms with van der Waals surface area (Å²) in [6.45, 7) is 5.15. The average molecular weight is 230 g/mol. The largest absolute Gasteiger partial charge is 0.469 e. The molecule has 0 bridgehead atoms. The van der Waals surface area contributed by atoms with Gasteiger partial charge in [-0.15, -0.1) is 11.6 Å². The molecule has 0 aliphatic heterocycles. The van der Waals surface area contributed by atoms with E-state index in [1.54, 1.807) is 17.2 Å². The van der Waals surface area contributed by atoms with Gasteiger partial charge in [0.1, 0.15) is 5.76 Å². The molecular weight excluding hydrogens is 214 g/mol. The van der Waals surface area contributed by atoms with Crippen LogP contribution >= 0.6 is 11.6 Å². The number of amides is 1. The van der Waals surface area contributed by atoms with Gasteiger partial charge in [0.25, 0.3) is 5.91 Å². The molecule has 1 aromatic heterocycles. The summed E-state index contributed by atoms with van der Waals surface area (Å²) >= 11 is 5.64. The fraction of sp³-hybridized carbons (Fsp3) is 0.545. The molecule has 0 saturated heterocycles. The Hall–Kier alpha value is -0.960. The van der Waals surface area contributed by atoms with Crippen molar-refractivity contribution in [2.24, 2.45) is 0 Å². The third kappa shape index (κ3) is 2.75. The van der Waals surface area contributed by atoms with Crippen LogP contribution in [0.3, 0.4) is 0 Å². The highest BCUT2D eigenvalue weighted by atomic mass is 35.5. The summed E-state index contributed by atoms with van der Waals surface area (Å²) in [7, 11) is 0. The number of hydrogen-bond acceptors (Lipinski definition) is 2. The lowest BCUT2D eigenvalue weighted by atomic mass is 10.2. The molecule has 0 radical (unpaired) electrons. The van der Waals surface area contributed by atoms with Gasteiger partial charge in [0.15, 0.2) is 0 Å². The fourth-order valence-electron chi connectivity index (χ4n) is 1.48. The van der Waals surface area contributed by atoms with E-state index < -0.39 is 0 Å². The molecule has 0 unspecified atom stereocenters. The third-order valence-electron chi connectivity index (χ3n) is 2.32. The number of carbonyl (C=O) groups excluding carboxylic acids is 1. The van der Waals surface area contributed by atoms with Crippen molar-refractivity contribution in [2.75, 3.05) is 19.0 Å². The Labute approximate surface area is 95.0 Å². The molecule has 0 aromatic carbocycles. The van der Waals surface area contributed by atoms with Crippen molar-refractivity contribution in [1.29, 1.82) is 0 Å². The molecule has 0 N–H and O–H groups in total. The van der Waals surface area contributed by atoms with Crippen molar-refractivity contribution in [3.05, 3.63) is 23.7 Å². The number of nitrogens with zero attached hydrogens (tertiary/aromatic N) is 1. The van der Waals surface area contributed by atoms with Crippen LogP contribution in [0.5, 0.6) is 0 Å². The number of hydrogen-bond donors (Lipinski definition) is 0. The van der Waals surface area contributed by atoms with E-state index >= 15 is 0 Å². The summed E-state index contributed by atoms with van der Waals surface area (Å²) in [6.07, 6.45) is 2.28. The molecule has 1 rings (SSSR count). The molecule has 0 aliphatic carbocycles. The first-order valence-electron chi connectivity index (χ1n) is 5.16. The van der Waals surface area contributed by atoms with Crippen LogP contribution in [0, 0.1) is 0 Å². The summed E-state index contributed by atoms with van der Waals surface area (Å²) in [5.41, 5.74) is 0.657. The van der Waals surface area contributed by atoms with E-state index in [2.05, 4.69) is 0 Å². The Morgan fingerprint density at radius 1 is 1.53 bits per heavy atom. The summed E-state index contributed by atoms with van der Waals surface area (Å²) in [6, 6.07) is 1.72. The molecule has 0 atom stereocenters. The molecule has 0 aliphatic rings. The van der Waals surface area contributed by atoms with Crippen LogP contribution in [-0.2, 0) is 6.42 Å². The van der Waals surface area contributed by atoms with Crippen LogP contribution in [0.1, 0.15) is 30.0 Å².